The van der Waals surface area contributed by atoms with E-state index in [0.717, 1.165) is 31.6 Å². The number of ketones is 1. The summed E-state index contributed by atoms with van der Waals surface area (Å²) in [6, 6.07) is 7.47. The van der Waals surface area contributed by atoms with Crippen molar-refractivity contribution < 1.29 is 14.7 Å². The maximum atomic E-state index is 11.8. The molecule has 0 atom stereocenters. The zero-order valence-electron chi connectivity index (χ0n) is 12.3. The van der Waals surface area contributed by atoms with Gasteiger partial charge in [0.15, 0.2) is 5.78 Å². The predicted octanol–water partition coefficient (Wildman–Crippen LogP) is 3.36. The molecule has 0 aliphatic rings. The molecule has 4 nitrogen and oxygen atoms in total. The molecule has 0 unspecified atom stereocenters. The van der Waals surface area contributed by atoms with Gasteiger partial charge in [0.1, 0.15) is 0 Å². The van der Waals surface area contributed by atoms with Gasteiger partial charge in [-0.1, -0.05) is 13.8 Å². The van der Waals surface area contributed by atoms with Gasteiger partial charge in [-0.3, -0.25) is 9.59 Å². The zero-order valence-corrected chi connectivity index (χ0v) is 12.3. The van der Waals surface area contributed by atoms with Crippen LogP contribution in [-0.4, -0.2) is 29.9 Å². The summed E-state index contributed by atoms with van der Waals surface area (Å²) in [5.74, 6) is -1.05. The Morgan fingerprint density at radius 3 is 2.00 bits per heavy atom. The van der Waals surface area contributed by atoms with Crippen molar-refractivity contribution in [2.75, 3.05) is 18.0 Å². The Bertz CT molecular complexity index is 434. The van der Waals surface area contributed by atoms with Crippen LogP contribution in [0, 0.1) is 0 Å². The maximum absolute atomic E-state index is 11.8. The van der Waals surface area contributed by atoms with Crippen LogP contribution in [0.15, 0.2) is 24.3 Å². The lowest BCUT2D eigenvalue weighted by Gasteiger charge is -2.23. The molecule has 1 aromatic rings. The predicted molar refractivity (Wildman–Crippen MR) is 80.4 cm³/mol. The highest BCUT2D eigenvalue weighted by Crippen LogP contribution is 2.17. The van der Waals surface area contributed by atoms with E-state index in [-0.39, 0.29) is 18.6 Å². The standard InChI is InChI=1S/C16H23NO3/c1-3-11-17(12-4-2)14-7-5-13(6-8-14)15(18)9-10-16(19)20/h5-8H,3-4,9-12H2,1-2H3,(H,19,20). The third kappa shape index (κ3) is 5.03. The van der Waals surface area contributed by atoms with Crippen LogP contribution in [0.25, 0.3) is 0 Å². The summed E-state index contributed by atoms with van der Waals surface area (Å²) in [4.78, 5) is 24.6. The summed E-state index contributed by atoms with van der Waals surface area (Å²) in [5, 5.41) is 8.59. The van der Waals surface area contributed by atoms with E-state index in [4.69, 9.17) is 5.11 Å². The van der Waals surface area contributed by atoms with Crippen molar-refractivity contribution in [3.63, 3.8) is 0 Å². The van der Waals surface area contributed by atoms with Gasteiger partial charge in [0.25, 0.3) is 0 Å². The van der Waals surface area contributed by atoms with E-state index in [9.17, 15) is 9.59 Å². The largest absolute Gasteiger partial charge is 0.481 e. The van der Waals surface area contributed by atoms with Gasteiger partial charge in [-0.05, 0) is 37.1 Å². The molecule has 0 spiro atoms. The minimum Gasteiger partial charge on any atom is -0.481 e. The van der Waals surface area contributed by atoms with Crippen LogP contribution >= 0.6 is 0 Å². The van der Waals surface area contributed by atoms with Gasteiger partial charge in [0, 0.05) is 30.8 Å². The number of aliphatic carboxylic acids is 1. The Morgan fingerprint density at radius 2 is 1.55 bits per heavy atom. The summed E-state index contributed by atoms with van der Waals surface area (Å²) in [6.07, 6.45) is 2.11. The first-order chi connectivity index (χ1) is 9.58. The Hall–Kier alpha value is -1.84. The van der Waals surface area contributed by atoms with Crippen LogP contribution in [-0.2, 0) is 4.79 Å². The van der Waals surface area contributed by atoms with Crippen LogP contribution in [0.4, 0.5) is 5.69 Å². The van der Waals surface area contributed by atoms with Crippen LogP contribution in [0.5, 0.6) is 0 Å². The number of anilines is 1. The highest BCUT2D eigenvalue weighted by molar-refractivity contribution is 5.97. The van der Waals surface area contributed by atoms with Crippen molar-refractivity contribution in [2.24, 2.45) is 0 Å². The number of carbonyl (C=O) groups excluding carboxylic acids is 1. The monoisotopic (exact) mass is 277 g/mol. The molecule has 1 N–H and O–H groups in total. The molecule has 0 saturated carbocycles. The fraction of sp³-hybridized carbons (Fsp3) is 0.500. The Morgan fingerprint density at radius 1 is 1.00 bits per heavy atom. The average molecular weight is 277 g/mol. The van der Waals surface area contributed by atoms with Gasteiger partial charge in [-0.15, -0.1) is 0 Å². The Kier molecular flexibility index (Phi) is 6.77. The molecule has 4 heteroatoms. The second kappa shape index (κ2) is 8.35. The first-order valence-electron chi connectivity index (χ1n) is 7.18. The summed E-state index contributed by atoms with van der Waals surface area (Å²) in [7, 11) is 0. The molecule has 20 heavy (non-hydrogen) atoms. The Balaban J connectivity index is 2.71. The number of hydrogen-bond donors (Lipinski definition) is 1. The fourth-order valence-corrected chi connectivity index (χ4v) is 2.13. The van der Waals surface area contributed by atoms with Gasteiger partial charge < -0.3 is 10.0 Å². The molecule has 110 valence electrons. The number of hydrogen-bond acceptors (Lipinski definition) is 3. The van der Waals surface area contributed by atoms with Crippen LogP contribution in [0.2, 0.25) is 0 Å². The smallest absolute Gasteiger partial charge is 0.303 e. The van der Waals surface area contributed by atoms with Gasteiger partial charge in [-0.25, -0.2) is 0 Å². The molecule has 0 aromatic heterocycles. The molecule has 0 amide bonds. The van der Waals surface area contributed by atoms with Crippen molar-refractivity contribution in [2.45, 2.75) is 39.5 Å². The third-order valence-corrected chi connectivity index (χ3v) is 3.11. The van der Waals surface area contributed by atoms with E-state index in [1.807, 2.05) is 12.1 Å². The van der Waals surface area contributed by atoms with Crippen molar-refractivity contribution in [1.82, 2.24) is 0 Å². The quantitative estimate of drug-likeness (QED) is 0.703. The molecule has 1 aromatic carbocycles. The summed E-state index contributed by atoms with van der Waals surface area (Å²) in [5.41, 5.74) is 1.70. The van der Waals surface area contributed by atoms with Crippen molar-refractivity contribution in [3.8, 4) is 0 Å². The van der Waals surface area contributed by atoms with E-state index in [1.54, 1.807) is 12.1 Å². The van der Waals surface area contributed by atoms with Crippen molar-refractivity contribution >= 4 is 17.4 Å². The molecule has 0 radical (unpaired) electrons. The van der Waals surface area contributed by atoms with Crippen LogP contribution < -0.4 is 4.90 Å². The average Bonchev–Trinajstić information content (AvgIpc) is 2.44. The van der Waals surface area contributed by atoms with E-state index < -0.39 is 5.97 Å². The molecule has 0 heterocycles. The third-order valence-electron chi connectivity index (χ3n) is 3.11. The summed E-state index contributed by atoms with van der Waals surface area (Å²) in [6.45, 7) is 6.29. The van der Waals surface area contributed by atoms with Gasteiger partial charge in [0.05, 0.1) is 6.42 Å². The number of carboxylic acid groups (broad SMARTS) is 1. The van der Waals surface area contributed by atoms with E-state index in [0.29, 0.717) is 5.56 Å². The highest BCUT2D eigenvalue weighted by Gasteiger charge is 2.10. The van der Waals surface area contributed by atoms with Crippen LogP contribution in [0.3, 0.4) is 0 Å². The minimum atomic E-state index is -0.938. The lowest BCUT2D eigenvalue weighted by molar-refractivity contribution is -0.136. The SMILES string of the molecule is CCCN(CCC)c1ccc(C(=O)CCC(=O)O)cc1. The lowest BCUT2D eigenvalue weighted by atomic mass is 10.1. The number of carbonyl (C=O) groups is 2. The molecule has 0 aliphatic carbocycles. The normalized spacial score (nSPS) is 10.3. The van der Waals surface area contributed by atoms with Gasteiger partial charge in [-0.2, -0.15) is 0 Å². The molecule has 0 bridgehead atoms. The lowest BCUT2D eigenvalue weighted by Crippen LogP contribution is -2.24. The summed E-state index contributed by atoms with van der Waals surface area (Å²) >= 11 is 0. The first kappa shape index (κ1) is 16.2. The topological polar surface area (TPSA) is 57.6 Å². The molecule has 0 aliphatic heterocycles. The van der Waals surface area contributed by atoms with Gasteiger partial charge in [0.2, 0.25) is 0 Å². The second-order valence-corrected chi connectivity index (χ2v) is 4.85. The molecule has 0 saturated heterocycles. The van der Waals surface area contributed by atoms with Crippen molar-refractivity contribution in [1.29, 1.82) is 0 Å². The second-order valence-electron chi connectivity index (χ2n) is 4.85. The zero-order chi connectivity index (χ0) is 15.0. The van der Waals surface area contributed by atoms with Gasteiger partial charge >= 0.3 is 5.97 Å². The number of nitrogens with zero attached hydrogens (tertiary/aromatic N) is 1. The molecule has 1 rings (SSSR count). The minimum absolute atomic E-state index is 0.0579. The van der Waals surface area contributed by atoms with Crippen molar-refractivity contribution in [3.05, 3.63) is 29.8 Å². The number of Topliss-reactive ketones (excluding diaryl/α,β-unsaturated/α-hetero) is 1. The number of rotatable bonds is 9. The highest BCUT2D eigenvalue weighted by atomic mass is 16.4. The Labute approximate surface area is 120 Å². The fourth-order valence-electron chi connectivity index (χ4n) is 2.13. The van der Waals surface area contributed by atoms with E-state index >= 15 is 0 Å². The van der Waals surface area contributed by atoms with E-state index in [2.05, 4.69) is 18.7 Å². The first-order valence-corrected chi connectivity index (χ1v) is 7.18. The summed E-state index contributed by atoms with van der Waals surface area (Å²) < 4.78 is 0. The van der Waals surface area contributed by atoms with Crippen LogP contribution in [0.1, 0.15) is 49.9 Å². The number of carboxylic acids is 1. The number of benzene rings is 1. The molecular weight excluding hydrogens is 254 g/mol. The molecule has 0 fully saturated rings. The maximum Gasteiger partial charge on any atom is 0.303 e. The molecular formula is C16H23NO3. The van der Waals surface area contributed by atoms with E-state index in [1.165, 1.54) is 0 Å².